The first-order valence-electron chi connectivity index (χ1n) is 12.5. The molecular weight excluding hydrogens is 491 g/mol. The highest BCUT2D eigenvalue weighted by atomic mass is 35.5. The summed E-state index contributed by atoms with van der Waals surface area (Å²) in [6.07, 6.45) is 5.16. The molecule has 3 heterocycles. The third-order valence-electron chi connectivity index (χ3n) is 7.95. The molecule has 2 aromatic carbocycles. The molecule has 37 heavy (non-hydrogen) atoms. The highest BCUT2D eigenvalue weighted by Gasteiger charge is 2.37. The topological polar surface area (TPSA) is 79.7 Å². The maximum atomic E-state index is 14.7. The number of halogens is 2. The van der Waals surface area contributed by atoms with Crippen LogP contribution in [0.4, 0.5) is 10.2 Å². The van der Waals surface area contributed by atoms with Crippen molar-refractivity contribution < 1.29 is 4.39 Å². The highest BCUT2D eigenvalue weighted by molar-refractivity contribution is 6.32. The molecule has 0 amide bonds. The lowest BCUT2D eigenvalue weighted by Gasteiger charge is -2.36. The van der Waals surface area contributed by atoms with E-state index in [-0.39, 0.29) is 16.4 Å². The van der Waals surface area contributed by atoms with Crippen molar-refractivity contribution in [2.75, 3.05) is 18.0 Å². The fourth-order valence-electron chi connectivity index (χ4n) is 6.15. The zero-order valence-corrected chi connectivity index (χ0v) is 21.4. The minimum Gasteiger partial charge on any atom is -0.355 e. The van der Waals surface area contributed by atoms with Crippen LogP contribution in [0.1, 0.15) is 31.7 Å². The zero-order chi connectivity index (χ0) is 25.8. The molecule has 1 saturated carbocycles. The molecule has 1 saturated heterocycles. The summed E-state index contributed by atoms with van der Waals surface area (Å²) in [6.45, 7) is 3.87. The van der Waals surface area contributed by atoms with Crippen LogP contribution in [0.2, 0.25) is 5.02 Å². The Bertz CT molecular complexity index is 1640. The van der Waals surface area contributed by atoms with Crippen LogP contribution in [0.15, 0.2) is 47.4 Å². The molecule has 2 aromatic heterocycles. The first-order chi connectivity index (χ1) is 17.8. The lowest BCUT2D eigenvalue weighted by Crippen LogP contribution is -2.40. The lowest BCUT2D eigenvalue weighted by molar-refractivity contribution is 0.322. The van der Waals surface area contributed by atoms with Crippen LogP contribution < -0.4 is 10.5 Å². The number of fused-ring (bicyclic) bond motifs is 2. The summed E-state index contributed by atoms with van der Waals surface area (Å²) in [6, 6.07) is 11.6. The minimum absolute atomic E-state index is 0.0497. The van der Waals surface area contributed by atoms with Crippen molar-refractivity contribution in [1.29, 1.82) is 5.26 Å². The molecule has 2 aliphatic rings. The average Bonchev–Trinajstić information content (AvgIpc) is 3.45. The van der Waals surface area contributed by atoms with Gasteiger partial charge in [0, 0.05) is 31.1 Å². The summed E-state index contributed by atoms with van der Waals surface area (Å²) < 4.78 is 17.9. The van der Waals surface area contributed by atoms with Gasteiger partial charge in [-0.15, -0.1) is 0 Å². The molecular formula is C28H26ClFN6O. The Kier molecular flexibility index (Phi) is 5.76. The summed E-state index contributed by atoms with van der Waals surface area (Å²) in [5, 5.41) is 14.4. The van der Waals surface area contributed by atoms with Gasteiger partial charge in [0.05, 0.1) is 23.0 Å². The number of hydrogen-bond donors (Lipinski definition) is 0. The number of aromatic nitrogens is 4. The van der Waals surface area contributed by atoms with Crippen LogP contribution in [0.3, 0.4) is 0 Å². The van der Waals surface area contributed by atoms with E-state index >= 15 is 0 Å². The van der Waals surface area contributed by atoms with Crippen molar-refractivity contribution in [3.05, 3.63) is 69.4 Å². The van der Waals surface area contributed by atoms with Gasteiger partial charge in [0.1, 0.15) is 22.7 Å². The number of nitriles is 1. The van der Waals surface area contributed by atoms with Crippen molar-refractivity contribution in [3.63, 3.8) is 0 Å². The number of piperidine rings is 1. The predicted molar refractivity (Wildman–Crippen MR) is 141 cm³/mol. The van der Waals surface area contributed by atoms with Gasteiger partial charge in [0.15, 0.2) is 5.82 Å². The van der Waals surface area contributed by atoms with Gasteiger partial charge >= 0.3 is 0 Å². The maximum Gasteiger partial charge on any atom is 0.279 e. The van der Waals surface area contributed by atoms with Gasteiger partial charge in [-0.25, -0.2) is 9.37 Å². The molecule has 2 fully saturated rings. The van der Waals surface area contributed by atoms with E-state index in [2.05, 4.69) is 16.9 Å². The Balaban J connectivity index is 1.53. The molecule has 0 spiro atoms. The first kappa shape index (κ1) is 23.7. The van der Waals surface area contributed by atoms with Crippen molar-refractivity contribution >= 4 is 28.3 Å². The SMILES string of the molecule is CC1CC2CCN(c3nc(-c4ccc(C#N)c(F)c4)n(-c4ccc5c(cnn5C)c4)c(=O)c3Cl)CC2C1. The summed E-state index contributed by atoms with van der Waals surface area (Å²) in [5.74, 6) is 1.99. The fraction of sp³-hybridized carbons (Fsp3) is 0.357. The third-order valence-corrected chi connectivity index (χ3v) is 8.28. The summed E-state index contributed by atoms with van der Waals surface area (Å²) in [4.78, 5) is 20.9. The second-order valence-electron chi connectivity index (χ2n) is 10.4. The second-order valence-corrected chi connectivity index (χ2v) is 10.7. The summed E-state index contributed by atoms with van der Waals surface area (Å²) in [7, 11) is 1.85. The van der Waals surface area contributed by atoms with Gasteiger partial charge < -0.3 is 4.90 Å². The Morgan fingerprint density at radius 1 is 1.16 bits per heavy atom. The van der Waals surface area contributed by atoms with Crippen LogP contribution >= 0.6 is 11.6 Å². The summed E-state index contributed by atoms with van der Waals surface area (Å²) in [5.41, 5.74) is 1.36. The fourth-order valence-corrected chi connectivity index (χ4v) is 6.39. The van der Waals surface area contributed by atoms with Gasteiger partial charge in [-0.1, -0.05) is 18.5 Å². The molecule has 188 valence electrons. The van der Waals surface area contributed by atoms with E-state index in [1.807, 2.05) is 25.2 Å². The molecule has 0 N–H and O–H groups in total. The minimum atomic E-state index is -0.666. The molecule has 4 aromatic rings. The van der Waals surface area contributed by atoms with E-state index < -0.39 is 11.4 Å². The van der Waals surface area contributed by atoms with Crippen molar-refractivity contribution in [2.24, 2.45) is 24.8 Å². The Morgan fingerprint density at radius 2 is 1.97 bits per heavy atom. The number of hydrogen-bond acceptors (Lipinski definition) is 5. The van der Waals surface area contributed by atoms with E-state index in [9.17, 15) is 14.4 Å². The van der Waals surface area contributed by atoms with E-state index in [1.165, 1.54) is 23.1 Å². The monoisotopic (exact) mass is 516 g/mol. The standard InChI is InChI=1S/C28H26ClFN6O/c1-16-9-17-7-8-35(15-21(17)10-16)27-25(29)28(37)36(22-5-6-24-20(11-22)14-32-34(24)2)26(33-27)18-3-4-19(13-31)23(30)12-18/h3-6,11-12,14,16-17,21H,7-10,15H2,1-2H3. The van der Waals surface area contributed by atoms with Crippen LogP contribution in [0, 0.1) is 34.9 Å². The molecule has 0 radical (unpaired) electrons. The summed E-state index contributed by atoms with van der Waals surface area (Å²) >= 11 is 6.74. The van der Waals surface area contributed by atoms with Crippen molar-refractivity contribution in [2.45, 2.75) is 26.2 Å². The maximum absolute atomic E-state index is 14.7. The van der Waals surface area contributed by atoms with Gasteiger partial charge in [-0.3, -0.25) is 14.0 Å². The second kappa shape index (κ2) is 9.00. The number of aryl methyl sites for hydroxylation is 1. The van der Waals surface area contributed by atoms with Crippen LogP contribution in [-0.2, 0) is 7.05 Å². The van der Waals surface area contributed by atoms with E-state index in [1.54, 1.807) is 23.0 Å². The quantitative estimate of drug-likeness (QED) is 0.368. The molecule has 3 unspecified atom stereocenters. The van der Waals surface area contributed by atoms with Crippen molar-refractivity contribution in [3.8, 4) is 23.1 Å². The smallest absolute Gasteiger partial charge is 0.279 e. The highest BCUT2D eigenvalue weighted by Crippen LogP contribution is 2.42. The lowest BCUT2D eigenvalue weighted by atomic mass is 9.89. The number of nitrogens with zero attached hydrogens (tertiary/aromatic N) is 6. The van der Waals surface area contributed by atoms with Crippen LogP contribution in [0.5, 0.6) is 0 Å². The molecule has 6 rings (SSSR count). The molecule has 1 aliphatic heterocycles. The average molecular weight is 517 g/mol. The molecule has 7 nitrogen and oxygen atoms in total. The normalized spacial score (nSPS) is 21.3. The number of anilines is 1. The Hall–Kier alpha value is -3.70. The Morgan fingerprint density at radius 3 is 2.76 bits per heavy atom. The van der Waals surface area contributed by atoms with Gasteiger partial charge in [0.2, 0.25) is 0 Å². The largest absolute Gasteiger partial charge is 0.355 e. The van der Waals surface area contributed by atoms with Crippen molar-refractivity contribution in [1.82, 2.24) is 19.3 Å². The molecule has 3 atom stereocenters. The molecule has 1 aliphatic carbocycles. The van der Waals surface area contributed by atoms with E-state index in [4.69, 9.17) is 16.6 Å². The third kappa shape index (κ3) is 3.98. The molecule has 9 heteroatoms. The van der Waals surface area contributed by atoms with E-state index in [0.29, 0.717) is 34.8 Å². The van der Waals surface area contributed by atoms with Gasteiger partial charge in [-0.05, 0) is 73.4 Å². The number of rotatable bonds is 3. The van der Waals surface area contributed by atoms with E-state index in [0.717, 1.165) is 36.8 Å². The van der Waals surface area contributed by atoms with Crippen LogP contribution in [-0.4, -0.2) is 32.4 Å². The predicted octanol–water partition coefficient (Wildman–Crippen LogP) is 5.32. The molecule has 0 bridgehead atoms. The Labute approximate surface area is 218 Å². The zero-order valence-electron chi connectivity index (χ0n) is 20.7. The van der Waals surface area contributed by atoms with Crippen LogP contribution in [0.25, 0.3) is 28.0 Å². The number of benzene rings is 2. The van der Waals surface area contributed by atoms with Gasteiger partial charge in [0.25, 0.3) is 5.56 Å². The van der Waals surface area contributed by atoms with Gasteiger partial charge in [-0.2, -0.15) is 10.4 Å². The first-order valence-corrected chi connectivity index (χ1v) is 12.9.